The van der Waals surface area contributed by atoms with E-state index < -0.39 is 17.4 Å². The monoisotopic (exact) mass is 506 g/mol. The van der Waals surface area contributed by atoms with Gasteiger partial charge in [0.1, 0.15) is 5.54 Å². The topological polar surface area (TPSA) is 67.1 Å². The second-order valence-corrected chi connectivity index (χ2v) is 9.25. The standard InChI is InChI=1S/C27H24ClFN4O3/c1-17-22(8-7-21(30-4)24(17)28)33-25(34)27(2,3)32(26(33)35)14-5-15-36-23-9-6-19(16-20(23)29)18-10-12-31-13-11-18/h6-13,16H,5,14-15H2,1-3H3. The summed E-state index contributed by atoms with van der Waals surface area (Å²) in [6, 6.07) is 10.9. The molecule has 7 nitrogen and oxygen atoms in total. The van der Waals surface area contributed by atoms with E-state index >= 15 is 0 Å². The maximum Gasteiger partial charge on any atom is 0.332 e. The van der Waals surface area contributed by atoms with Crippen molar-refractivity contribution in [3.63, 3.8) is 0 Å². The fourth-order valence-corrected chi connectivity index (χ4v) is 4.36. The number of urea groups is 1. The van der Waals surface area contributed by atoms with Gasteiger partial charge in [0.25, 0.3) is 5.91 Å². The van der Waals surface area contributed by atoms with Crippen LogP contribution in [0.15, 0.2) is 54.9 Å². The summed E-state index contributed by atoms with van der Waals surface area (Å²) in [6.07, 6.45) is 3.67. The maximum atomic E-state index is 14.6. The number of carbonyl (C=O) groups excluding carboxylic acids is 2. The van der Waals surface area contributed by atoms with Gasteiger partial charge in [-0.1, -0.05) is 23.7 Å². The van der Waals surface area contributed by atoms with E-state index in [4.69, 9.17) is 22.9 Å². The predicted molar refractivity (Wildman–Crippen MR) is 136 cm³/mol. The molecule has 3 amide bonds. The Bertz CT molecular complexity index is 1370. The quantitative estimate of drug-likeness (QED) is 0.211. The van der Waals surface area contributed by atoms with Crippen molar-refractivity contribution in [1.29, 1.82) is 0 Å². The molecule has 4 rings (SSSR count). The number of nitrogens with zero attached hydrogens (tertiary/aromatic N) is 4. The minimum Gasteiger partial charge on any atom is -0.490 e. The molecule has 0 radical (unpaired) electrons. The molecular formula is C27H24ClFN4O3. The SMILES string of the molecule is [C-]#[N+]c1ccc(N2C(=O)N(CCCOc3ccc(-c4ccncc4)cc3F)C(C)(C)C2=O)c(C)c1Cl. The first-order chi connectivity index (χ1) is 17.2. The van der Waals surface area contributed by atoms with Gasteiger partial charge >= 0.3 is 6.03 Å². The Morgan fingerprint density at radius 1 is 1.11 bits per heavy atom. The lowest BCUT2D eigenvalue weighted by molar-refractivity contribution is -0.123. The minimum atomic E-state index is -1.09. The minimum absolute atomic E-state index is 0.114. The Labute approximate surface area is 213 Å². The molecule has 0 N–H and O–H groups in total. The van der Waals surface area contributed by atoms with Crippen molar-refractivity contribution in [2.24, 2.45) is 0 Å². The molecule has 0 atom stereocenters. The number of aromatic nitrogens is 1. The van der Waals surface area contributed by atoms with Crippen LogP contribution in [-0.2, 0) is 4.79 Å². The summed E-state index contributed by atoms with van der Waals surface area (Å²) < 4.78 is 20.2. The molecule has 3 aromatic rings. The molecule has 1 saturated heterocycles. The number of amides is 3. The summed E-state index contributed by atoms with van der Waals surface area (Å²) in [5.41, 5.74) is 1.56. The van der Waals surface area contributed by atoms with Gasteiger partial charge in [-0.2, -0.15) is 0 Å². The molecule has 36 heavy (non-hydrogen) atoms. The Balaban J connectivity index is 1.42. The summed E-state index contributed by atoms with van der Waals surface area (Å²) >= 11 is 6.27. The van der Waals surface area contributed by atoms with Crippen LogP contribution in [0.5, 0.6) is 5.75 Å². The molecule has 1 fully saturated rings. The number of benzene rings is 2. The highest BCUT2D eigenvalue weighted by molar-refractivity contribution is 6.35. The van der Waals surface area contributed by atoms with Crippen molar-refractivity contribution < 1.29 is 18.7 Å². The Hall–Kier alpha value is -3.96. The Kier molecular flexibility index (Phi) is 6.95. The average molecular weight is 507 g/mol. The third-order valence-electron chi connectivity index (χ3n) is 6.25. The van der Waals surface area contributed by atoms with Crippen molar-refractivity contribution in [2.75, 3.05) is 18.1 Å². The van der Waals surface area contributed by atoms with Gasteiger partial charge in [0, 0.05) is 18.9 Å². The highest BCUT2D eigenvalue weighted by atomic mass is 35.5. The van der Waals surface area contributed by atoms with Crippen LogP contribution < -0.4 is 9.64 Å². The number of hydrogen-bond donors (Lipinski definition) is 0. The van der Waals surface area contributed by atoms with Gasteiger partial charge in [-0.05, 0) is 74.2 Å². The zero-order valence-corrected chi connectivity index (χ0v) is 20.8. The number of carbonyl (C=O) groups is 2. The third kappa shape index (κ3) is 4.50. The van der Waals surface area contributed by atoms with Crippen molar-refractivity contribution >= 4 is 34.9 Å². The number of hydrogen-bond acceptors (Lipinski definition) is 4. The van der Waals surface area contributed by atoms with Crippen LogP contribution >= 0.6 is 11.6 Å². The van der Waals surface area contributed by atoms with Crippen LogP contribution in [0.2, 0.25) is 5.02 Å². The second-order valence-electron chi connectivity index (χ2n) is 8.87. The van der Waals surface area contributed by atoms with E-state index in [-0.39, 0.29) is 35.5 Å². The average Bonchev–Trinajstić information content (AvgIpc) is 3.03. The molecule has 2 heterocycles. The van der Waals surface area contributed by atoms with Gasteiger partial charge in [0.2, 0.25) is 5.69 Å². The van der Waals surface area contributed by atoms with Crippen LogP contribution in [0.3, 0.4) is 0 Å². The van der Waals surface area contributed by atoms with Gasteiger partial charge in [0.05, 0.1) is 23.9 Å². The van der Waals surface area contributed by atoms with Gasteiger partial charge in [-0.3, -0.25) is 9.78 Å². The summed E-state index contributed by atoms with van der Waals surface area (Å²) in [7, 11) is 0. The van der Waals surface area contributed by atoms with Crippen molar-refractivity contribution in [2.45, 2.75) is 32.7 Å². The first-order valence-corrected chi connectivity index (χ1v) is 11.7. The molecule has 0 saturated carbocycles. The lowest BCUT2D eigenvalue weighted by Gasteiger charge is -2.27. The van der Waals surface area contributed by atoms with Crippen LogP contribution in [0.25, 0.3) is 16.0 Å². The normalized spacial score (nSPS) is 14.8. The molecule has 2 aromatic carbocycles. The van der Waals surface area contributed by atoms with E-state index in [0.29, 0.717) is 23.2 Å². The van der Waals surface area contributed by atoms with E-state index in [1.54, 1.807) is 63.5 Å². The Morgan fingerprint density at radius 2 is 1.83 bits per heavy atom. The van der Waals surface area contributed by atoms with Crippen molar-refractivity contribution in [3.05, 3.63) is 82.7 Å². The summed E-state index contributed by atoms with van der Waals surface area (Å²) in [6.45, 7) is 12.6. The summed E-state index contributed by atoms with van der Waals surface area (Å²) in [5.74, 6) is -0.762. The number of ether oxygens (including phenoxy) is 1. The molecule has 1 aliphatic rings. The fourth-order valence-electron chi connectivity index (χ4n) is 4.16. The van der Waals surface area contributed by atoms with Gasteiger partial charge in [-0.15, -0.1) is 0 Å². The highest BCUT2D eigenvalue weighted by Gasteiger charge is 2.51. The smallest absolute Gasteiger partial charge is 0.332 e. The lowest BCUT2D eigenvalue weighted by atomic mass is 10.0. The van der Waals surface area contributed by atoms with Crippen LogP contribution in [0.4, 0.5) is 20.6 Å². The molecule has 0 unspecified atom stereocenters. The van der Waals surface area contributed by atoms with E-state index in [1.165, 1.54) is 17.0 Å². The van der Waals surface area contributed by atoms with Crippen molar-refractivity contribution in [1.82, 2.24) is 9.88 Å². The Morgan fingerprint density at radius 3 is 2.50 bits per heavy atom. The van der Waals surface area contributed by atoms with Crippen LogP contribution in [-0.4, -0.2) is 40.5 Å². The summed E-state index contributed by atoms with van der Waals surface area (Å²) in [5, 5.41) is 0.213. The van der Waals surface area contributed by atoms with Crippen molar-refractivity contribution in [3.8, 4) is 16.9 Å². The number of pyridine rings is 1. The third-order valence-corrected chi connectivity index (χ3v) is 6.73. The van der Waals surface area contributed by atoms with E-state index in [1.807, 2.05) is 0 Å². The summed E-state index contributed by atoms with van der Waals surface area (Å²) in [4.78, 5) is 36.3. The number of rotatable bonds is 7. The number of anilines is 1. The van der Waals surface area contributed by atoms with Gasteiger partial charge in [0.15, 0.2) is 11.6 Å². The second kappa shape index (κ2) is 9.96. The fraction of sp³-hybridized carbons (Fsp3) is 0.259. The van der Waals surface area contributed by atoms with Gasteiger partial charge in [-0.25, -0.2) is 18.9 Å². The molecule has 0 spiro atoms. The van der Waals surface area contributed by atoms with Crippen LogP contribution in [0, 0.1) is 19.3 Å². The molecule has 1 aliphatic heterocycles. The molecule has 1 aromatic heterocycles. The zero-order valence-electron chi connectivity index (χ0n) is 20.1. The molecule has 0 aliphatic carbocycles. The molecule has 184 valence electrons. The molecular weight excluding hydrogens is 483 g/mol. The first-order valence-electron chi connectivity index (χ1n) is 11.3. The highest BCUT2D eigenvalue weighted by Crippen LogP contribution is 2.39. The molecule has 9 heteroatoms. The van der Waals surface area contributed by atoms with E-state index in [9.17, 15) is 14.0 Å². The van der Waals surface area contributed by atoms with E-state index in [2.05, 4.69) is 9.83 Å². The van der Waals surface area contributed by atoms with E-state index in [0.717, 1.165) is 10.5 Å². The van der Waals surface area contributed by atoms with Gasteiger partial charge < -0.3 is 9.64 Å². The lowest BCUT2D eigenvalue weighted by Crippen LogP contribution is -2.44. The predicted octanol–water partition coefficient (Wildman–Crippen LogP) is 6.42. The maximum absolute atomic E-state index is 14.6. The molecule has 0 bridgehead atoms. The first kappa shape index (κ1) is 25.1. The largest absolute Gasteiger partial charge is 0.490 e. The zero-order chi connectivity index (χ0) is 26.0. The van der Waals surface area contributed by atoms with Crippen LogP contribution in [0.1, 0.15) is 25.8 Å². The number of halogens is 2. The number of imide groups is 1.